The van der Waals surface area contributed by atoms with Crippen LogP contribution >= 0.6 is 15.9 Å². The van der Waals surface area contributed by atoms with Crippen molar-refractivity contribution in [1.82, 2.24) is 14.5 Å². The predicted molar refractivity (Wildman–Crippen MR) is 85.9 cm³/mol. The van der Waals surface area contributed by atoms with Gasteiger partial charge in [-0.15, -0.1) is 0 Å². The number of rotatable bonds is 6. The zero-order valence-corrected chi connectivity index (χ0v) is 14.9. The average molecular weight is 358 g/mol. The third-order valence-electron chi connectivity index (χ3n) is 2.99. The summed E-state index contributed by atoms with van der Waals surface area (Å²) in [6.45, 7) is 8.31. The summed E-state index contributed by atoms with van der Waals surface area (Å²) in [7, 11) is 0.559. The largest absolute Gasteiger partial charge is 0.480 e. The molecule has 0 saturated carbocycles. The van der Waals surface area contributed by atoms with Gasteiger partial charge in [-0.3, -0.25) is 0 Å². The zero-order valence-electron chi connectivity index (χ0n) is 12.3. The summed E-state index contributed by atoms with van der Waals surface area (Å²) in [5, 5.41) is 0.879. The second-order valence-corrected chi connectivity index (χ2v) is 12.4. The molecule has 0 amide bonds. The van der Waals surface area contributed by atoms with Gasteiger partial charge in [-0.2, -0.15) is 0 Å². The Morgan fingerprint density at radius 3 is 2.70 bits per heavy atom. The quantitative estimate of drug-likeness (QED) is 0.586. The van der Waals surface area contributed by atoms with Crippen LogP contribution in [0, 0.1) is 0 Å². The van der Waals surface area contributed by atoms with Crippen LogP contribution in [0.1, 0.15) is 0 Å². The molecule has 0 aromatic carbocycles. The molecule has 0 aliphatic carbocycles. The smallest absolute Gasteiger partial charge is 0.226 e. The van der Waals surface area contributed by atoms with Crippen molar-refractivity contribution in [3.63, 3.8) is 0 Å². The number of hydrogen-bond donors (Lipinski definition) is 0. The highest BCUT2D eigenvalue weighted by Crippen LogP contribution is 2.30. The van der Waals surface area contributed by atoms with Crippen LogP contribution in [0.25, 0.3) is 11.0 Å². The van der Waals surface area contributed by atoms with Crippen LogP contribution in [-0.4, -0.2) is 36.3 Å². The second-order valence-electron chi connectivity index (χ2n) is 5.88. The van der Waals surface area contributed by atoms with Crippen molar-refractivity contribution >= 4 is 35.0 Å². The number of ether oxygens (including phenoxy) is 2. The first-order valence-electron chi connectivity index (χ1n) is 6.53. The molecule has 20 heavy (non-hydrogen) atoms. The minimum atomic E-state index is -1.05. The molecule has 2 aromatic heterocycles. The van der Waals surface area contributed by atoms with Crippen LogP contribution in [-0.2, 0) is 11.5 Å². The van der Waals surface area contributed by atoms with E-state index in [1.165, 1.54) is 6.33 Å². The number of hydrogen-bond acceptors (Lipinski definition) is 4. The van der Waals surface area contributed by atoms with Crippen molar-refractivity contribution in [1.29, 1.82) is 0 Å². The van der Waals surface area contributed by atoms with Crippen molar-refractivity contribution < 1.29 is 9.47 Å². The molecule has 0 unspecified atom stereocenters. The first-order valence-corrected chi connectivity index (χ1v) is 11.0. The topological polar surface area (TPSA) is 49.2 Å². The molecule has 0 atom stereocenters. The standard InChI is InChI=1S/C13H20BrN3O2Si/c1-18-13-11-10(14)7-17(12(11)15-8-16-13)9-19-5-6-20(2,3)4/h7-8H,5-6,9H2,1-4H3. The Balaban J connectivity index is 2.12. The van der Waals surface area contributed by atoms with Gasteiger partial charge in [0.05, 0.1) is 17.0 Å². The number of halogens is 1. The molecule has 0 bridgehead atoms. The summed E-state index contributed by atoms with van der Waals surface area (Å²) in [5.74, 6) is 0.572. The Morgan fingerprint density at radius 2 is 2.05 bits per heavy atom. The monoisotopic (exact) mass is 357 g/mol. The van der Waals surface area contributed by atoms with Crippen molar-refractivity contribution in [2.24, 2.45) is 0 Å². The molecule has 0 saturated heterocycles. The van der Waals surface area contributed by atoms with Crippen LogP contribution in [0.15, 0.2) is 17.0 Å². The Kier molecular flexibility index (Phi) is 4.82. The molecule has 0 aliphatic rings. The lowest BCUT2D eigenvalue weighted by atomic mass is 10.4. The van der Waals surface area contributed by atoms with Gasteiger partial charge in [0.25, 0.3) is 0 Å². The summed E-state index contributed by atoms with van der Waals surface area (Å²) >= 11 is 3.52. The van der Waals surface area contributed by atoms with Gasteiger partial charge in [0.2, 0.25) is 5.88 Å². The van der Waals surface area contributed by atoms with Gasteiger partial charge in [0.15, 0.2) is 0 Å². The molecule has 0 spiro atoms. The first-order chi connectivity index (χ1) is 9.42. The first kappa shape index (κ1) is 15.5. The highest BCUT2D eigenvalue weighted by atomic mass is 79.9. The lowest BCUT2D eigenvalue weighted by molar-refractivity contribution is 0.0898. The molecule has 2 rings (SSSR count). The van der Waals surface area contributed by atoms with E-state index in [9.17, 15) is 0 Å². The molecule has 2 aromatic rings. The van der Waals surface area contributed by atoms with E-state index in [0.717, 1.165) is 28.2 Å². The third-order valence-corrected chi connectivity index (χ3v) is 5.30. The van der Waals surface area contributed by atoms with E-state index in [2.05, 4.69) is 45.5 Å². The van der Waals surface area contributed by atoms with Crippen molar-refractivity contribution in [2.45, 2.75) is 32.4 Å². The number of aromatic nitrogens is 3. The fourth-order valence-corrected chi connectivity index (χ4v) is 3.20. The summed E-state index contributed by atoms with van der Waals surface area (Å²) in [6.07, 6.45) is 3.46. The maximum Gasteiger partial charge on any atom is 0.226 e. The van der Waals surface area contributed by atoms with Crippen molar-refractivity contribution in [3.05, 3.63) is 17.0 Å². The van der Waals surface area contributed by atoms with E-state index in [-0.39, 0.29) is 0 Å². The summed E-state index contributed by atoms with van der Waals surface area (Å²) in [6, 6.07) is 1.16. The van der Waals surface area contributed by atoms with Gasteiger partial charge in [-0.05, 0) is 22.0 Å². The molecule has 2 heterocycles. The summed E-state index contributed by atoms with van der Waals surface area (Å²) in [4.78, 5) is 8.42. The highest BCUT2D eigenvalue weighted by Gasteiger charge is 2.15. The van der Waals surface area contributed by atoms with Crippen LogP contribution < -0.4 is 4.74 Å². The fourth-order valence-electron chi connectivity index (χ4n) is 1.84. The van der Waals surface area contributed by atoms with Gasteiger partial charge >= 0.3 is 0 Å². The summed E-state index contributed by atoms with van der Waals surface area (Å²) in [5.41, 5.74) is 0.816. The van der Waals surface area contributed by atoms with Crippen molar-refractivity contribution in [3.8, 4) is 5.88 Å². The molecule has 110 valence electrons. The molecule has 0 N–H and O–H groups in total. The maximum absolute atomic E-state index is 5.77. The Morgan fingerprint density at radius 1 is 1.30 bits per heavy atom. The molecule has 0 fully saturated rings. The van der Waals surface area contributed by atoms with Gasteiger partial charge in [0, 0.05) is 20.9 Å². The van der Waals surface area contributed by atoms with E-state index in [1.54, 1.807) is 7.11 Å². The normalized spacial score (nSPS) is 12.1. The molecular formula is C13H20BrN3O2Si. The zero-order chi connectivity index (χ0) is 14.8. The molecule has 0 radical (unpaired) electrons. The molecule has 7 heteroatoms. The Labute approximate surface area is 128 Å². The van der Waals surface area contributed by atoms with Gasteiger partial charge in [-0.25, -0.2) is 9.97 Å². The maximum atomic E-state index is 5.77. The van der Waals surface area contributed by atoms with E-state index >= 15 is 0 Å². The van der Waals surface area contributed by atoms with Gasteiger partial charge in [-0.1, -0.05) is 19.6 Å². The molecule has 5 nitrogen and oxygen atoms in total. The minimum absolute atomic E-state index is 0.493. The van der Waals surface area contributed by atoms with Crippen LogP contribution in [0.2, 0.25) is 25.7 Å². The number of methoxy groups -OCH3 is 1. The summed E-state index contributed by atoms with van der Waals surface area (Å²) < 4.78 is 13.9. The Hall–Kier alpha value is -0.923. The highest BCUT2D eigenvalue weighted by molar-refractivity contribution is 9.10. The van der Waals surface area contributed by atoms with Crippen LogP contribution in [0.3, 0.4) is 0 Å². The van der Waals surface area contributed by atoms with Crippen molar-refractivity contribution in [2.75, 3.05) is 13.7 Å². The van der Waals surface area contributed by atoms with E-state index < -0.39 is 8.07 Å². The number of nitrogens with zero attached hydrogens (tertiary/aromatic N) is 3. The SMILES string of the molecule is COc1ncnc2c1c(Br)cn2COCC[Si](C)(C)C. The van der Waals surface area contributed by atoms with Crippen LogP contribution in [0.5, 0.6) is 5.88 Å². The molecule has 0 aliphatic heterocycles. The van der Waals surface area contributed by atoms with Gasteiger partial charge < -0.3 is 14.0 Å². The second kappa shape index (κ2) is 6.24. The third kappa shape index (κ3) is 3.59. The van der Waals surface area contributed by atoms with Gasteiger partial charge in [0.1, 0.15) is 18.7 Å². The van der Waals surface area contributed by atoms with E-state index in [1.807, 2.05) is 10.8 Å². The number of fused-ring (bicyclic) bond motifs is 1. The van der Waals surface area contributed by atoms with E-state index in [0.29, 0.717) is 12.6 Å². The predicted octanol–water partition coefficient (Wildman–Crippen LogP) is 3.51. The average Bonchev–Trinajstić information content (AvgIpc) is 2.71. The minimum Gasteiger partial charge on any atom is -0.480 e. The lowest BCUT2D eigenvalue weighted by Gasteiger charge is -2.15. The van der Waals surface area contributed by atoms with Crippen LogP contribution in [0.4, 0.5) is 0 Å². The fraction of sp³-hybridized carbons (Fsp3) is 0.538. The Bertz CT molecular complexity index is 595. The lowest BCUT2D eigenvalue weighted by Crippen LogP contribution is -2.22. The van der Waals surface area contributed by atoms with E-state index in [4.69, 9.17) is 9.47 Å². The molecular weight excluding hydrogens is 338 g/mol.